The number of halogens is 2. The van der Waals surface area contributed by atoms with E-state index >= 15 is 0 Å². The molecule has 156 valence electrons. The lowest BCUT2D eigenvalue weighted by Crippen LogP contribution is -2.14. The van der Waals surface area contributed by atoms with Gasteiger partial charge in [-0.1, -0.05) is 46.7 Å². The first-order valence-electron chi connectivity index (χ1n) is 8.55. The van der Waals surface area contributed by atoms with E-state index in [-0.39, 0.29) is 38.5 Å². The normalized spacial score (nSPS) is 11.8. The maximum absolute atomic E-state index is 12.9. The number of thiazole rings is 1. The van der Waals surface area contributed by atoms with Gasteiger partial charge in [-0.2, -0.15) is 0 Å². The van der Waals surface area contributed by atoms with E-state index in [4.69, 9.17) is 34.7 Å². The van der Waals surface area contributed by atoms with Crippen molar-refractivity contribution in [2.45, 2.75) is 11.3 Å². The van der Waals surface area contributed by atoms with Crippen molar-refractivity contribution < 1.29 is 13.8 Å². The first-order valence-corrected chi connectivity index (χ1v) is 11.4. The van der Waals surface area contributed by atoms with Crippen LogP contribution in [0.2, 0.25) is 10.0 Å². The summed E-state index contributed by atoms with van der Waals surface area (Å²) >= 11 is 13.3. The second kappa shape index (κ2) is 9.57. The minimum Gasteiger partial charge on any atom is -0.382 e. The average Bonchev–Trinajstić information content (AvgIpc) is 3.06. The van der Waals surface area contributed by atoms with Crippen molar-refractivity contribution in [3.05, 3.63) is 63.0 Å². The van der Waals surface area contributed by atoms with Crippen LogP contribution in [0.3, 0.4) is 0 Å². The highest BCUT2D eigenvalue weighted by molar-refractivity contribution is 7.85. The Balaban J connectivity index is 1.81. The number of anilines is 3. The molecule has 3 rings (SSSR count). The number of amides is 1. The zero-order chi connectivity index (χ0) is 21.8. The third-order valence-electron chi connectivity index (χ3n) is 3.93. The van der Waals surface area contributed by atoms with E-state index in [2.05, 4.69) is 10.3 Å². The number of hydrogen-bond acceptors (Lipinski definition) is 7. The number of nitrogens with one attached hydrogen (secondary N) is 1. The van der Waals surface area contributed by atoms with Gasteiger partial charge in [0.15, 0.2) is 5.13 Å². The molecule has 0 radical (unpaired) electrons. The van der Waals surface area contributed by atoms with Crippen LogP contribution < -0.4 is 16.8 Å². The van der Waals surface area contributed by atoms with E-state index in [1.807, 2.05) is 0 Å². The third-order valence-corrected chi connectivity index (χ3v) is 6.90. The molecule has 0 saturated heterocycles. The van der Waals surface area contributed by atoms with Crippen LogP contribution in [0.4, 0.5) is 16.6 Å². The largest absolute Gasteiger partial charge is 0.382 e. The van der Waals surface area contributed by atoms with Crippen LogP contribution in [0.25, 0.3) is 0 Å². The number of nitrogens with zero attached hydrogens (tertiary/aromatic N) is 1. The Hall–Kier alpha value is -2.46. The Morgan fingerprint density at radius 2 is 1.80 bits per heavy atom. The van der Waals surface area contributed by atoms with Gasteiger partial charge in [0.2, 0.25) is 11.7 Å². The van der Waals surface area contributed by atoms with E-state index in [0.717, 1.165) is 11.3 Å². The third kappa shape index (κ3) is 5.17. The molecule has 0 aliphatic rings. The van der Waals surface area contributed by atoms with E-state index in [9.17, 15) is 13.8 Å². The van der Waals surface area contributed by atoms with Crippen LogP contribution in [0.1, 0.15) is 21.7 Å². The molecule has 0 saturated carbocycles. The predicted molar refractivity (Wildman–Crippen MR) is 121 cm³/mol. The maximum atomic E-state index is 12.9. The summed E-state index contributed by atoms with van der Waals surface area (Å²) in [6.45, 7) is 0. The molecule has 0 fully saturated rings. The van der Waals surface area contributed by atoms with Crippen molar-refractivity contribution in [2.75, 3.05) is 16.8 Å². The Bertz CT molecular complexity index is 1130. The molecular formula is C19H16Cl2N4O3S2. The summed E-state index contributed by atoms with van der Waals surface area (Å²) in [5, 5.41) is 3.86. The van der Waals surface area contributed by atoms with E-state index < -0.39 is 22.5 Å². The highest BCUT2D eigenvalue weighted by atomic mass is 35.5. The molecule has 30 heavy (non-hydrogen) atoms. The fourth-order valence-corrected chi connectivity index (χ4v) is 5.06. The number of rotatable bonds is 8. The number of nitrogen functional groups attached to an aromatic ring is 1. The summed E-state index contributed by atoms with van der Waals surface area (Å²) in [6, 6.07) is 11.6. The van der Waals surface area contributed by atoms with Crippen LogP contribution in [-0.2, 0) is 15.6 Å². The summed E-state index contributed by atoms with van der Waals surface area (Å²) in [6.07, 6.45) is 0.0311. The summed E-state index contributed by atoms with van der Waals surface area (Å²) in [7, 11) is -1.37. The second-order valence-electron chi connectivity index (χ2n) is 6.08. The number of ketones is 1. The molecule has 2 aromatic carbocycles. The lowest BCUT2D eigenvalue weighted by molar-refractivity contribution is -0.117. The zero-order valence-corrected chi connectivity index (χ0v) is 18.5. The Labute approximate surface area is 188 Å². The van der Waals surface area contributed by atoms with Crippen LogP contribution in [-0.4, -0.2) is 26.6 Å². The fourth-order valence-electron chi connectivity index (χ4n) is 2.53. The molecule has 11 heteroatoms. The molecule has 1 heterocycles. The molecule has 1 aromatic heterocycles. The predicted octanol–water partition coefficient (Wildman–Crippen LogP) is 3.99. The molecule has 1 amide bonds. The quantitative estimate of drug-likeness (QED) is 0.416. The minimum atomic E-state index is -1.37. The molecular weight excluding hydrogens is 467 g/mol. The van der Waals surface area contributed by atoms with Gasteiger partial charge in [-0.15, -0.1) is 0 Å². The van der Waals surface area contributed by atoms with Gasteiger partial charge in [-0.05, 0) is 30.3 Å². The van der Waals surface area contributed by atoms with Crippen LogP contribution in [0, 0.1) is 0 Å². The molecule has 5 N–H and O–H groups in total. The van der Waals surface area contributed by atoms with E-state index in [1.54, 1.807) is 42.5 Å². The number of primary amides is 1. The SMILES string of the molecule is NC(=O)CCS(=O)c1cccc(Nc2nc(N)c(C(=O)c3c(Cl)cccc3Cl)s2)c1. The Morgan fingerprint density at radius 1 is 1.13 bits per heavy atom. The molecule has 0 bridgehead atoms. The maximum Gasteiger partial charge on any atom is 0.218 e. The van der Waals surface area contributed by atoms with Crippen molar-refractivity contribution in [2.24, 2.45) is 5.73 Å². The molecule has 7 nitrogen and oxygen atoms in total. The van der Waals surface area contributed by atoms with Gasteiger partial charge in [0.1, 0.15) is 10.7 Å². The number of carbonyl (C=O) groups is 2. The molecule has 0 spiro atoms. The molecule has 0 aliphatic heterocycles. The summed E-state index contributed by atoms with van der Waals surface area (Å²) in [4.78, 5) is 28.7. The van der Waals surface area contributed by atoms with Crippen molar-refractivity contribution in [3.63, 3.8) is 0 Å². The van der Waals surface area contributed by atoms with Crippen molar-refractivity contribution in [1.29, 1.82) is 0 Å². The number of hydrogen-bond donors (Lipinski definition) is 3. The van der Waals surface area contributed by atoms with Gasteiger partial charge in [-0.25, -0.2) is 4.98 Å². The topological polar surface area (TPSA) is 128 Å². The Morgan fingerprint density at radius 3 is 2.47 bits per heavy atom. The van der Waals surface area contributed by atoms with Gasteiger partial charge in [0.25, 0.3) is 0 Å². The van der Waals surface area contributed by atoms with Crippen LogP contribution in [0.15, 0.2) is 47.4 Å². The van der Waals surface area contributed by atoms with E-state index in [0.29, 0.717) is 15.7 Å². The lowest BCUT2D eigenvalue weighted by Gasteiger charge is -2.06. The fraction of sp³-hybridized carbons (Fsp3) is 0.105. The van der Waals surface area contributed by atoms with Crippen LogP contribution in [0.5, 0.6) is 0 Å². The smallest absolute Gasteiger partial charge is 0.218 e. The number of carbonyl (C=O) groups excluding carboxylic acids is 2. The second-order valence-corrected chi connectivity index (χ2v) is 9.46. The van der Waals surface area contributed by atoms with Crippen LogP contribution >= 0.6 is 34.5 Å². The highest BCUT2D eigenvalue weighted by Gasteiger charge is 2.22. The van der Waals surface area contributed by atoms with Crippen molar-refractivity contribution in [1.82, 2.24) is 4.98 Å². The van der Waals surface area contributed by atoms with Gasteiger partial charge in [0.05, 0.1) is 26.4 Å². The van der Waals surface area contributed by atoms with Crippen molar-refractivity contribution in [3.8, 4) is 0 Å². The summed E-state index contributed by atoms with van der Waals surface area (Å²) in [5.74, 6) is -0.744. The van der Waals surface area contributed by atoms with Crippen molar-refractivity contribution >= 4 is 73.7 Å². The first-order chi connectivity index (χ1) is 14.3. The number of aromatic nitrogens is 1. The van der Waals surface area contributed by atoms with Gasteiger partial charge >= 0.3 is 0 Å². The van der Waals surface area contributed by atoms with Gasteiger partial charge < -0.3 is 16.8 Å². The lowest BCUT2D eigenvalue weighted by atomic mass is 10.1. The summed E-state index contributed by atoms with van der Waals surface area (Å²) < 4.78 is 12.3. The number of benzene rings is 2. The first kappa shape index (κ1) is 22.2. The minimum absolute atomic E-state index is 0.0311. The highest BCUT2D eigenvalue weighted by Crippen LogP contribution is 2.34. The zero-order valence-electron chi connectivity index (χ0n) is 15.4. The number of nitrogens with two attached hydrogens (primary N) is 2. The average molecular weight is 483 g/mol. The molecule has 1 atom stereocenters. The molecule has 0 aliphatic carbocycles. The van der Waals surface area contributed by atoms with E-state index in [1.165, 1.54) is 0 Å². The molecule has 1 unspecified atom stereocenters. The molecule has 3 aromatic rings. The summed E-state index contributed by atoms with van der Waals surface area (Å²) in [5.41, 5.74) is 11.8. The van der Waals surface area contributed by atoms with Gasteiger partial charge in [-0.3, -0.25) is 13.8 Å². The Kier molecular flexibility index (Phi) is 7.09. The van der Waals surface area contributed by atoms with Gasteiger partial charge in [0, 0.05) is 22.8 Å². The monoisotopic (exact) mass is 482 g/mol. The standard InChI is InChI=1S/C19H16Cl2N4O3S2/c20-12-5-2-6-13(21)15(12)16(27)17-18(23)25-19(29-17)24-10-3-1-4-11(9-10)30(28)8-7-14(22)26/h1-6,9H,7-8,23H2,(H2,22,26)(H,24,25).